The van der Waals surface area contributed by atoms with Crippen LogP contribution in [0.15, 0.2) is 33.5 Å². The van der Waals surface area contributed by atoms with Gasteiger partial charge in [-0.3, -0.25) is 4.98 Å². The first kappa shape index (κ1) is 16.7. The van der Waals surface area contributed by atoms with Crippen LogP contribution in [0.25, 0.3) is 11.3 Å². The molecular formula is C15H14ClN5O2S2. The summed E-state index contributed by atoms with van der Waals surface area (Å²) in [6.45, 7) is 0. The van der Waals surface area contributed by atoms with Gasteiger partial charge < -0.3 is 4.98 Å². The highest BCUT2D eigenvalue weighted by molar-refractivity contribution is 7.99. The van der Waals surface area contributed by atoms with Crippen molar-refractivity contribution < 1.29 is 8.42 Å². The number of imidazole rings is 1. The molecule has 0 atom stereocenters. The molecule has 130 valence electrons. The summed E-state index contributed by atoms with van der Waals surface area (Å²) < 4.78 is 23.1. The Morgan fingerprint density at radius 3 is 2.84 bits per heavy atom. The second-order valence-electron chi connectivity index (χ2n) is 6.01. The van der Waals surface area contributed by atoms with Crippen molar-refractivity contribution in [3.63, 3.8) is 0 Å². The standard InChI is InChI=1S/C15H14ClN5O2S2/c1-25(22,23)15-20-13-14(21-15)19-11(7-18-13)24-10-4-5-17-9(12(10)16)6-8-2-3-8/h4-5,7-8H,2-3,6H2,1H3,(H,18,19,20,21). The lowest BCUT2D eigenvalue weighted by Gasteiger charge is -2.07. The fourth-order valence-corrected chi connectivity index (χ4v) is 4.02. The number of fused-ring (bicyclic) bond motifs is 1. The minimum Gasteiger partial charge on any atom is -0.312 e. The lowest BCUT2D eigenvalue weighted by atomic mass is 10.2. The van der Waals surface area contributed by atoms with Gasteiger partial charge in [-0.25, -0.2) is 18.4 Å². The van der Waals surface area contributed by atoms with E-state index in [0.29, 0.717) is 21.6 Å². The van der Waals surface area contributed by atoms with Crippen LogP contribution in [-0.2, 0) is 16.3 Å². The number of sulfone groups is 1. The van der Waals surface area contributed by atoms with E-state index in [1.54, 1.807) is 12.4 Å². The van der Waals surface area contributed by atoms with Gasteiger partial charge in [0.15, 0.2) is 11.3 Å². The van der Waals surface area contributed by atoms with Crippen LogP contribution in [0.3, 0.4) is 0 Å². The van der Waals surface area contributed by atoms with E-state index < -0.39 is 9.84 Å². The fraction of sp³-hybridized carbons (Fsp3) is 0.333. The van der Waals surface area contributed by atoms with Gasteiger partial charge in [0.05, 0.1) is 16.9 Å². The highest BCUT2D eigenvalue weighted by Crippen LogP contribution is 2.38. The minimum atomic E-state index is -3.44. The molecule has 3 aromatic rings. The highest BCUT2D eigenvalue weighted by atomic mass is 35.5. The van der Waals surface area contributed by atoms with Crippen molar-refractivity contribution in [1.82, 2.24) is 24.9 Å². The van der Waals surface area contributed by atoms with Crippen LogP contribution in [0.5, 0.6) is 0 Å². The number of aromatic amines is 1. The van der Waals surface area contributed by atoms with Crippen LogP contribution in [-0.4, -0.2) is 39.6 Å². The van der Waals surface area contributed by atoms with Crippen molar-refractivity contribution in [2.24, 2.45) is 5.92 Å². The Labute approximate surface area is 153 Å². The van der Waals surface area contributed by atoms with Gasteiger partial charge in [-0.1, -0.05) is 23.4 Å². The van der Waals surface area contributed by atoms with Crippen molar-refractivity contribution in [1.29, 1.82) is 0 Å². The average molecular weight is 396 g/mol. The molecule has 1 fully saturated rings. The topological polar surface area (TPSA) is 101 Å². The zero-order chi connectivity index (χ0) is 17.6. The molecule has 1 saturated carbocycles. The van der Waals surface area contributed by atoms with E-state index in [4.69, 9.17) is 11.6 Å². The minimum absolute atomic E-state index is 0.140. The Hall–Kier alpha value is -1.71. The molecule has 0 saturated heterocycles. The van der Waals surface area contributed by atoms with E-state index in [1.807, 2.05) is 6.07 Å². The van der Waals surface area contributed by atoms with Crippen molar-refractivity contribution in [2.75, 3.05) is 6.26 Å². The largest absolute Gasteiger partial charge is 0.312 e. The smallest absolute Gasteiger partial charge is 0.228 e. The van der Waals surface area contributed by atoms with Crippen molar-refractivity contribution in [3.8, 4) is 0 Å². The number of nitrogens with one attached hydrogen (secondary N) is 1. The third-order valence-electron chi connectivity index (χ3n) is 3.83. The van der Waals surface area contributed by atoms with Crippen molar-refractivity contribution >= 4 is 44.5 Å². The Kier molecular flexibility index (Phi) is 4.17. The van der Waals surface area contributed by atoms with E-state index in [9.17, 15) is 8.42 Å². The lowest BCUT2D eigenvalue weighted by molar-refractivity contribution is 0.595. The molecule has 0 bridgehead atoms. The van der Waals surface area contributed by atoms with Gasteiger partial charge in [0.1, 0.15) is 5.03 Å². The van der Waals surface area contributed by atoms with Crippen LogP contribution in [0.1, 0.15) is 18.5 Å². The molecule has 1 N–H and O–H groups in total. The number of halogens is 1. The normalized spacial score (nSPS) is 15.0. The molecule has 0 aliphatic heterocycles. The molecule has 3 heterocycles. The van der Waals surface area contributed by atoms with Gasteiger partial charge in [-0.2, -0.15) is 4.98 Å². The second-order valence-corrected chi connectivity index (χ2v) is 9.39. The Morgan fingerprint density at radius 1 is 1.32 bits per heavy atom. The van der Waals surface area contributed by atoms with Crippen LogP contribution in [0.4, 0.5) is 0 Å². The fourth-order valence-electron chi connectivity index (χ4n) is 2.38. The molecule has 0 unspecified atom stereocenters. The molecule has 0 amide bonds. The zero-order valence-corrected chi connectivity index (χ0v) is 15.6. The lowest BCUT2D eigenvalue weighted by Crippen LogP contribution is -1.98. The van der Waals surface area contributed by atoms with E-state index >= 15 is 0 Å². The molecule has 7 nitrogen and oxygen atoms in total. The average Bonchev–Trinajstić information content (AvgIpc) is 3.25. The van der Waals surface area contributed by atoms with Crippen LogP contribution < -0.4 is 0 Å². The number of hydrogen-bond acceptors (Lipinski definition) is 7. The first-order chi connectivity index (χ1) is 11.9. The molecule has 0 radical (unpaired) electrons. The molecule has 25 heavy (non-hydrogen) atoms. The predicted molar refractivity (Wildman–Crippen MR) is 94.6 cm³/mol. The molecule has 1 aliphatic rings. The number of rotatable bonds is 5. The molecule has 4 rings (SSSR count). The van der Waals surface area contributed by atoms with Crippen LogP contribution in [0, 0.1) is 5.92 Å². The first-order valence-electron chi connectivity index (χ1n) is 7.64. The molecular weight excluding hydrogens is 382 g/mol. The van der Waals surface area contributed by atoms with Gasteiger partial charge in [0, 0.05) is 17.3 Å². The first-order valence-corrected chi connectivity index (χ1v) is 10.7. The SMILES string of the molecule is CS(=O)(=O)c1nc2ncc(Sc3ccnc(CC4CC4)c3Cl)nc2[nH]1. The summed E-state index contributed by atoms with van der Waals surface area (Å²) in [5.41, 5.74) is 1.50. The molecule has 0 aromatic carbocycles. The van der Waals surface area contributed by atoms with Gasteiger partial charge in [0.2, 0.25) is 15.0 Å². The summed E-state index contributed by atoms with van der Waals surface area (Å²) in [6.07, 6.45) is 7.75. The predicted octanol–water partition coefficient (Wildman–Crippen LogP) is 2.91. The Bertz CT molecular complexity index is 1060. The van der Waals surface area contributed by atoms with Gasteiger partial charge >= 0.3 is 0 Å². The molecule has 0 spiro atoms. The van der Waals surface area contributed by atoms with E-state index in [-0.39, 0.29) is 10.8 Å². The van der Waals surface area contributed by atoms with E-state index in [2.05, 4.69) is 24.9 Å². The zero-order valence-electron chi connectivity index (χ0n) is 13.2. The van der Waals surface area contributed by atoms with Crippen molar-refractivity contribution in [3.05, 3.63) is 29.2 Å². The molecule has 10 heteroatoms. The van der Waals surface area contributed by atoms with E-state index in [0.717, 1.165) is 23.3 Å². The summed E-state index contributed by atoms with van der Waals surface area (Å²) >= 11 is 7.85. The third kappa shape index (κ3) is 3.63. The summed E-state index contributed by atoms with van der Waals surface area (Å²) in [5.74, 6) is 0.695. The summed E-state index contributed by atoms with van der Waals surface area (Å²) in [7, 11) is -3.44. The maximum absolute atomic E-state index is 11.6. The number of pyridine rings is 1. The Morgan fingerprint density at radius 2 is 2.12 bits per heavy atom. The Balaban J connectivity index is 1.64. The van der Waals surface area contributed by atoms with Gasteiger partial charge in [-0.15, -0.1) is 0 Å². The summed E-state index contributed by atoms with van der Waals surface area (Å²) in [4.78, 5) is 20.4. The number of hydrogen-bond donors (Lipinski definition) is 1. The highest BCUT2D eigenvalue weighted by Gasteiger charge is 2.24. The second kappa shape index (κ2) is 6.22. The van der Waals surface area contributed by atoms with Gasteiger partial charge in [-0.05, 0) is 31.2 Å². The van der Waals surface area contributed by atoms with Crippen LogP contribution >= 0.6 is 23.4 Å². The van der Waals surface area contributed by atoms with Crippen molar-refractivity contribution in [2.45, 2.75) is 34.3 Å². The maximum Gasteiger partial charge on any atom is 0.228 e. The summed E-state index contributed by atoms with van der Waals surface area (Å²) in [5, 5.41) is 1.10. The maximum atomic E-state index is 11.6. The third-order valence-corrected chi connectivity index (χ3v) is 6.23. The number of aromatic nitrogens is 5. The van der Waals surface area contributed by atoms with Gasteiger partial charge in [0.25, 0.3) is 0 Å². The van der Waals surface area contributed by atoms with E-state index in [1.165, 1.54) is 24.6 Å². The molecule has 3 aromatic heterocycles. The molecule has 1 aliphatic carbocycles. The van der Waals surface area contributed by atoms with Crippen LogP contribution in [0.2, 0.25) is 5.02 Å². The quantitative estimate of drug-likeness (QED) is 0.708. The number of nitrogens with zero attached hydrogens (tertiary/aromatic N) is 4. The summed E-state index contributed by atoms with van der Waals surface area (Å²) in [6, 6.07) is 1.84. The monoisotopic (exact) mass is 395 g/mol. The number of H-pyrrole nitrogens is 1.